The minimum Gasteiger partial charge on any atom is -0.488 e. The monoisotopic (exact) mass is 267 g/mol. The molecule has 4 heteroatoms. The Labute approximate surface area is 116 Å². The van der Waals surface area contributed by atoms with Crippen LogP contribution in [0.3, 0.4) is 0 Å². The molecule has 0 aromatic heterocycles. The smallest absolute Gasteiger partial charge is 0.251 e. The van der Waals surface area contributed by atoms with Crippen LogP contribution < -0.4 is 10.1 Å². The molecule has 0 aliphatic carbocycles. The van der Waals surface area contributed by atoms with Gasteiger partial charge in [0.2, 0.25) is 0 Å². The van der Waals surface area contributed by atoms with E-state index in [0.717, 1.165) is 5.56 Å². The summed E-state index contributed by atoms with van der Waals surface area (Å²) >= 11 is 0. The Hall–Kier alpha value is -2.62. The zero-order valence-electron chi connectivity index (χ0n) is 11.0. The predicted molar refractivity (Wildman–Crippen MR) is 74.0 cm³/mol. The molecule has 0 unspecified atom stereocenters. The Balaban J connectivity index is 2.09. The lowest BCUT2D eigenvalue weighted by Gasteiger charge is -2.08. The second-order valence-electron chi connectivity index (χ2n) is 4.57. The Morgan fingerprint density at radius 1 is 1.15 bits per heavy atom. The second kappa shape index (κ2) is 4.81. The number of ether oxygens (including phenoxy) is 1. The number of hydrogen-bond donors (Lipinski definition) is 1. The van der Waals surface area contributed by atoms with Gasteiger partial charge in [-0.2, -0.15) is 0 Å². The van der Waals surface area contributed by atoms with E-state index in [1.807, 2.05) is 18.2 Å². The molecular weight excluding hydrogens is 254 g/mol. The van der Waals surface area contributed by atoms with Gasteiger partial charge in [-0.3, -0.25) is 9.59 Å². The van der Waals surface area contributed by atoms with Crippen LogP contribution in [0.25, 0.3) is 0 Å². The maximum Gasteiger partial charge on any atom is 0.251 e. The van der Waals surface area contributed by atoms with Gasteiger partial charge in [0.15, 0.2) is 5.78 Å². The average molecular weight is 267 g/mol. The van der Waals surface area contributed by atoms with E-state index in [0.29, 0.717) is 29.0 Å². The highest BCUT2D eigenvalue weighted by Crippen LogP contribution is 2.29. The van der Waals surface area contributed by atoms with Crippen molar-refractivity contribution in [3.63, 3.8) is 0 Å². The minimum absolute atomic E-state index is 0.0726. The van der Waals surface area contributed by atoms with Crippen LogP contribution in [-0.2, 0) is 6.61 Å². The van der Waals surface area contributed by atoms with Gasteiger partial charge in [0.25, 0.3) is 5.91 Å². The molecule has 0 saturated heterocycles. The third-order valence-corrected chi connectivity index (χ3v) is 3.36. The van der Waals surface area contributed by atoms with Crippen molar-refractivity contribution >= 4 is 11.7 Å². The lowest BCUT2D eigenvalue weighted by Crippen LogP contribution is -2.18. The SMILES string of the molecule is CNC(=O)c1ccc2c(c1)OCc1ccccc1C2=O. The van der Waals surface area contributed by atoms with Gasteiger partial charge in [0, 0.05) is 23.7 Å². The zero-order valence-corrected chi connectivity index (χ0v) is 11.0. The third kappa shape index (κ3) is 1.95. The molecule has 0 radical (unpaired) electrons. The fourth-order valence-corrected chi connectivity index (χ4v) is 2.28. The normalized spacial score (nSPS) is 12.8. The van der Waals surface area contributed by atoms with E-state index in [1.54, 1.807) is 31.3 Å². The van der Waals surface area contributed by atoms with Crippen LogP contribution in [0.4, 0.5) is 0 Å². The largest absolute Gasteiger partial charge is 0.488 e. The lowest BCUT2D eigenvalue weighted by atomic mass is 9.98. The molecule has 100 valence electrons. The fraction of sp³-hybridized carbons (Fsp3) is 0.125. The summed E-state index contributed by atoms with van der Waals surface area (Å²) in [7, 11) is 1.57. The van der Waals surface area contributed by atoms with Gasteiger partial charge in [0.05, 0.1) is 5.56 Å². The molecular formula is C16H13NO3. The van der Waals surface area contributed by atoms with Gasteiger partial charge in [0.1, 0.15) is 12.4 Å². The van der Waals surface area contributed by atoms with E-state index in [1.165, 1.54) is 0 Å². The molecule has 1 amide bonds. The van der Waals surface area contributed by atoms with Crippen molar-refractivity contribution < 1.29 is 14.3 Å². The van der Waals surface area contributed by atoms with Crippen LogP contribution in [-0.4, -0.2) is 18.7 Å². The lowest BCUT2D eigenvalue weighted by molar-refractivity contribution is 0.0960. The summed E-state index contributed by atoms with van der Waals surface area (Å²) in [6.07, 6.45) is 0. The van der Waals surface area contributed by atoms with Gasteiger partial charge < -0.3 is 10.1 Å². The van der Waals surface area contributed by atoms with E-state index >= 15 is 0 Å². The molecule has 3 rings (SSSR count). The Kier molecular flexibility index (Phi) is 2.99. The quantitative estimate of drug-likeness (QED) is 0.861. The molecule has 0 bridgehead atoms. The highest BCUT2D eigenvalue weighted by atomic mass is 16.5. The van der Waals surface area contributed by atoms with Gasteiger partial charge in [-0.1, -0.05) is 24.3 Å². The summed E-state index contributed by atoms with van der Waals surface area (Å²) in [4.78, 5) is 24.1. The first-order valence-corrected chi connectivity index (χ1v) is 6.32. The van der Waals surface area contributed by atoms with Crippen molar-refractivity contribution in [2.45, 2.75) is 6.61 Å². The maximum absolute atomic E-state index is 12.5. The molecule has 0 atom stereocenters. The zero-order chi connectivity index (χ0) is 14.1. The highest BCUT2D eigenvalue weighted by molar-refractivity contribution is 6.12. The van der Waals surface area contributed by atoms with Crippen molar-refractivity contribution in [2.24, 2.45) is 0 Å². The maximum atomic E-state index is 12.5. The number of carbonyl (C=O) groups excluding carboxylic acids is 2. The van der Waals surface area contributed by atoms with Gasteiger partial charge >= 0.3 is 0 Å². The molecule has 2 aromatic rings. The molecule has 20 heavy (non-hydrogen) atoms. The fourth-order valence-electron chi connectivity index (χ4n) is 2.28. The molecule has 0 saturated carbocycles. The number of nitrogens with one attached hydrogen (secondary N) is 1. The van der Waals surface area contributed by atoms with E-state index in [-0.39, 0.29) is 11.7 Å². The molecule has 1 aliphatic heterocycles. The molecule has 0 spiro atoms. The van der Waals surface area contributed by atoms with Gasteiger partial charge in [-0.05, 0) is 18.2 Å². The van der Waals surface area contributed by atoms with E-state index < -0.39 is 0 Å². The number of fused-ring (bicyclic) bond motifs is 2. The Bertz CT molecular complexity index is 707. The summed E-state index contributed by atoms with van der Waals surface area (Å²) in [5.74, 6) is 0.175. The van der Waals surface area contributed by atoms with Crippen LogP contribution in [0, 0.1) is 0 Å². The average Bonchev–Trinajstić information content (AvgIpc) is 2.64. The predicted octanol–water partition coefficient (Wildman–Crippen LogP) is 2.17. The standard InChI is InChI=1S/C16H13NO3/c1-17-16(19)10-6-7-13-14(8-10)20-9-11-4-2-3-5-12(11)15(13)18/h2-8H,9H2,1H3,(H,17,19). The first kappa shape index (κ1) is 12.4. The van der Waals surface area contributed by atoms with Crippen molar-refractivity contribution in [2.75, 3.05) is 7.05 Å². The number of amides is 1. The first-order valence-electron chi connectivity index (χ1n) is 6.32. The van der Waals surface area contributed by atoms with Crippen LogP contribution in [0.2, 0.25) is 0 Å². The first-order chi connectivity index (χ1) is 9.70. The summed E-state index contributed by atoms with van der Waals surface area (Å²) in [6, 6.07) is 12.3. The molecule has 1 heterocycles. The Morgan fingerprint density at radius 3 is 2.75 bits per heavy atom. The van der Waals surface area contributed by atoms with Crippen LogP contribution in [0.5, 0.6) is 5.75 Å². The number of carbonyl (C=O) groups is 2. The summed E-state index contributed by atoms with van der Waals surface area (Å²) in [5, 5.41) is 2.55. The molecule has 1 N–H and O–H groups in total. The van der Waals surface area contributed by atoms with E-state index in [9.17, 15) is 9.59 Å². The van der Waals surface area contributed by atoms with Crippen molar-refractivity contribution in [1.29, 1.82) is 0 Å². The van der Waals surface area contributed by atoms with Crippen LogP contribution in [0.1, 0.15) is 31.8 Å². The molecule has 0 fully saturated rings. The van der Waals surface area contributed by atoms with Gasteiger partial charge in [-0.15, -0.1) is 0 Å². The topological polar surface area (TPSA) is 55.4 Å². The minimum atomic E-state index is -0.203. The number of benzene rings is 2. The number of rotatable bonds is 1. The van der Waals surface area contributed by atoms with Crippen molar-refractivity contribution in [1.82, 2.24) is 5.32 Å². The van der Waals surface area contributed by atoms with E-state index in [2.05, 4.69) is 5.32 Å². The second-order valence-corrected chi connectivity index (χ2v) is 4.57. The summed E-state index contributed by atoms with van der Waals surface area (Å²) in [6.45, 7) is 0.326. The molecule has 4 nitrogen and oxygen atoms in total. The third-order valence-electron chi connectivity index (χ3n) is 3.36. The number of ketones is 1. The molecule has 2 aromatic carbocycles. The van der Waals surface area contributed by atoms with E-state index in [4.69, 9.17) is 4.74 Å². The van der Waals surface area contributed by atoms with Crippen molar-refractivity contribution in [3.8, 4) is 5.75 Å². The molecule has 1 aliphatic rings. The summed E-state index contributed by atoms with van der Waals surface area (Å²) < 4.78 is 5.68. The van der Waals surface area contributed by atoms with Crippen LogP contribution in [0.15, 0.2) is 42.5 Å². The number of hydrogen-bond acceptors (Lipinski definition) is 3. The van der Waals surface area contributed by atoms with Crippen molar-refractivity contribution in [3.05, 3.63) is 64.7 Å². The summed E-state index contributed by atoms with van der Waals surface area (Å²) in [5.41, 5.74) is 2.47. The highest BCUT2D eigenvalue weighted by Gasteiger charge is 2.22. The van der Waals surface area contributed by atoms with Crippen LogP contribution >= 0.6 is 0 Å². The van der Waals surface area contributed by atoms with Gasteiger partial charge in [-0.25, -0.2) is 0 Å². The Morgan fingerprint density at radius 2 is 1.95 bits per heavy atom.